The van der Waals surface area contributed by atoms with Gasteiger partial charge in [-0.2, -0.15) is 13.2 Å². The van der Waals surface area contributed by atoms with E-state index in [1.807, 2.05) is 24.4 Å². The molecule has 0 aliphatic heterocycles. The summed E-state index contributed by atoms with van der Waals surface area (Å²) in [6.07, 6.45) is -4.35. The Kier molecular flexibility index (Phi) is 5.26. The Morgan fingerprint density at radius 3 is 2.60 bits per heavy atom. The Morgan fingerprint density at radius 2 is 1.87 bits per heavy atom. The van der Waals surface area contributed by atoms with E-state index in [0.29, 0.717) is 27.5 Å². The topological polar surface area (TPSA) is 54.9 Å². The molecule has 0 unspecified atom stereocenters. The quantitative estimate of drug-likeness (QED) is 0.443. The van der Waals surface area contributed by atoms with Crippen molar-refractivity contribution in [1.29, 1.82) is 0 Å². The van der Waals surface area contributed by atoms with E-state index in [4.69, 9.17) is 0 Å². The van der Waals surface area contributed by atoms with Crippen molar-refractivity contribution in [2.75, 3.05) is 5.32 Å². The molecule has 2 heterocycles. The van der Waals surface area contributed by atoms with Gasteiger partial charge < -0.3 is 5.32 Å². The Balaban J connectivity index is 1.66. The fourth-order valence-electron chi connectivity index (χ4n) is 3.11. The van der Waals surface area contributed by atoms with Crippen LogP contribution >= 0.6 is 11.3 Å². The van der Waals surface area contributed by atoms with Crippen molar-refractivity contribution in [2.45, 2.75) is 19.5 Å². The standard InChI is InChI=1S/C22H16F3N3OS/c1-13-12-30-21(26-13)28-19(29)11-16-6-2-4-14-8-9-18(27-20(14)16)15-5-3-7-17(10-15)22(23,24)25/h2-10,12H,11H2,1H3,(H,26,28,29). The zero-order chi connectivity index (χ0) is 21.3. The van der Waals surface area contributed by atoms with Crippen molar-refractivity contribution in [3.63, 3.8) is 0 Å². The van der Waals surface area contributed by atoms with Crippen LogP contribution in [0.4, 0.5) is 18.3 Å². The molecular formula is C22H16F3N3OS. The maximum Gasteiger partial charge on any atom is 0.416 e. The van der Waals surface area contributed by atoms with Crippen molar-refractivity contribution < 1.29 is 18.0 Å². The van der Waals surface area contributed by atoms with Gasteiger partial charge in [-0.1, -0.05) is 36.4 Å². The number of nitrogens with zero attached hydrogens (tertiary/aromatic N) is 2. The monoisotopic (exact) mass is 427 g/mol. The van der Waals surface area contributed by atoms with E-state index in [1.54, 1.807) is 24.3 Å². The Bertz CT molecular complexity index is 1230. The molecule has 0 spiro atoms. The molecule has 1 amide bonds. The van der Waals surface area contributed by atoms with Crippen LogP contribution in [0.2, 0.25) is 0 Å². The smallest absolute Gasteiger partial charge is 0.302 e. The van der Waals surface area contributed by atoms with E-state index in [0.717, 1.165) is 23.2 Å². The molecule has 4 aromatic rings. The summed E-state index contributed by atoms with van der Waals surface area (Å²) in [5.74, 6) is -0.233. The highest BCUT2D eigenvalue weighted by molar-refractivity contribution is 7.13. The lowest BCUT2D eigenvalue weighted by Crippen LogP contribution is -2.14. The SMILES string of the molecule is Cc1csc(NC(=O)Cc2cccc3ccc(-c4cccc(C(F)(F)F)c4)nc23)n1. The second kappa shape index (κ2) is 7.87. The van der Waals surface area contributed by atoms with Gasteiger partial charge in [-0.3, -0.25) is 4.79 Å². The summed E-state index contributed by atoms with van der Waals surface area (Å²) >= 11 is 1.34. The van der Waals surface area contributed by atoms with Crippen LogP contribution in [0.1, 0.15) is 16.8 Å². The molecule has 152 valence electrons. The van der Waals surface area contributed by atoms with Gasteiger partial charge in [0.05, 0.1) is 28.9 Å². The van der Waals surface area contributed by atoms with Crippen LogP contribution in [0.25, 0.3) is 22.2 Å². The minimum atomic E-state index is -4.43. The number of rotatable bonds is 4. The second-order valence-corrected chi connectivity index (χ2v) is 7.64. The first kappa shape index (κ1) is 20.0. The molecule has 2 aromatic heterocycles. The van der Waals surface area contributed by atoms with Crippen LogP contribution in [0.5, 0.6) is 0 Å². The molecule has 1 N–H and O–H groups in total. The van der Waals surface area contributed by atoms with Gasteiger partial charge in [-0.25, -0.2) is 9.97 Å². The summed E-state index contributed by atoms with van der Waals surface area (Å²) in [7, 11) is 0. The molecule has 4 nitrogen and oxygen atoms in total. The summed E-state index contributed by atoms with van der Waals surface area (Å²) in [6.45, 7) is 1.84. The molecule has 0 saturated carbocycles. The Hall–Kier alpha value is -3.26. The number of amides is 1. The third-order valence-electron chi connectivity index (χ3n) is 4.51. The molecule has 0 aliphatic rings. The number of pyridine rings is 1. The molecule has 4 rings (SSSR count). The van der Waals surface area contributed by atoms with Crippen molar-refractivity contribution in [3.8, 4) is 11.3 Å². The molecule has 0 radical (unpaired) electrons. The summed E-state index contributed by atoms with van der Waals surface area (Å²) in [5, 5.41) is 5.94. The fraction of sp³-hybridized carbons (Fsp3) is 0.136. The van der Waals surface area contributed by atoms with Gasteiger partial charge in [0.25, 0.3) is 0 Å². The van der Waals surface area contributed by atoms with E-state index in [9.17, 15) is 18.0 Å². The Morgan fingerprint density at radius 1 is 1.07 bits per heavy atom. The normalized spacial score (nSPS) is 11.6. The maximum absolute atomic E-state index is 13.1. The third-order valence-corrected chi connectivity index (χ3v) is 5.38. The zero-order valence-electron chi connectivity index (χ0n) is 15.8. The van der Waals surface area contributed by atoms with Gasteiger partial charge in [0.1, 0.15) is 0 Å². The fourth-order valence-corrected chi connectivity index (χ4v) is 3.82. The number of halogens is 3. The number of fused-ring (bicyclic) bond motifs is 1. The van der Waals surface area contributed by atoms with Crippen LogP contribution in [-0.4, -0.2) is 15.9 Å². The molecule has 2 aromatic carbocycles. The third kappa shape index (κ3) is 4.33. The first-order chi connectivity index (χ1) is 14.3. The lowest BCUT2D eigenvalue weighted by molar-refractivity contribution is -0.137. The van der Waals surface area contributed by atoms with Crippen LogP contribution in [0.3, 0.4) is 0 Å². The Labute approximate surface area is 174 Å². The number of para-hydroxylation sites is 1. The van der Waals surface area contributed by atoms with E-state index in [-0.39, 0.29) is 12.3 Å². The number of aromatic nitrogens is 2. The van der Waals surface area contributed by atoms with Crippen LogP contribution < -0.4 is 5.32 Å². The minimum absolute atomic E-state index is 0.0784. The molecular weight excluding hydrogens is 411 g/mol. The maximum atomic E-state index is 13.1. The molecule has 0 aliphatic carbocycles. The minimum Gasteiger partial charge on any atom is -0.302 e. The van der Waals surface area contributed by atoms with Crippen molar-refractivity contribution >= 4 is 33.3 Å². The molecule has 0 saturated heterocycles. The highest BCUT2D eigenvalue weighted by atomic mass is 32.1. The number of aryl methyl sites for hydroxylation is 1. The number of anilines is 1. The summed E-state index contributed by atoms with van der Waals surface area (Å²) in [4.78, 5) is 21.2. The number of hydrogen-bond donors (Lipinski definition) is 1. The van der Waals surface area contributed by atoms with Crippen molar-refractivity contribution in [2.24, 2.45) is 0 Å². The van der Waals surface area contributed by atoms with E-state index in [1.165, 1.54) is 17.4 Å². The zero-order valence-corrected chi connectivity index (χ0v) is 16.6. The lowest BCUT2D eigenvalue weighted by Gasteiger charge is -2.10. The molecule has 0 fully saturated rings. The number of benzene rings is 2. The van der Waals surface area contributed by atoms with E-state index in [2.05, 4.69) is 15.3 Å². The number of carbonyl (C=O) groups excluding carboxylic acids is 1. The molecule has 30 heavy (non-hydrogen) atoms. The molecule has 0 atom stereocenters. The highest BCUT2D eigenvalue weighted by Crippen LogP contribution is 2.32. The van der Waals surface area contributed by atoms with Gasteiger partial charge in [0.15, 0.2) is 5.13 Å². The molecule has 0 bridgehead atoms. The number of alkyl halides is 3. The number of hydrogen-bond acceptors (Lipinski definition) is 4. The predicted molar refractivity (Wildman–Crippen MR) is 111 cm³/mol. The van der Waals surface area contributed by atoms with Crippen LogP contribution in [0.15, 0.2) is 60.0 Å². The van der Waals surface area contributed by atoms with Gasteiger partial charge in [-0.05, 0) is 30.7 Å². The van der Waals surface area contributed by atoms with Gasteiger partial charge in [0, 0.05) is 16.3 Å². The first-order valence-corrected chi connectivity index (χ1v) is 9.96. The average molecular weight is 427 g/mol. The summed E-state index contributed by atoms with van der Waals surface area (Å²) < 4.78 is 39.2. The van der Waals surface area contributed by atoms with E-state index < -0.39 is 11.7 Å². The van der Waals surface area contributed by atoms with Crippen LogP contribution in [0, 0.1) is 6.92 Å². The largest absolute Gasteiger partial charge is 0.416 e. The first-order valence-electron chi connectivity index (χ1n) is 9.08. The van der Waals surface area contributed by atoms with Crippen molar-refractivity contribution in [1.82, 2.24) is 9.97 Å². The lowest BCUT2D eigenvalue weighted by atomic mass is 10.0. The van der Waals surface area contributed by atoms with Crippen LogP contribution in [-0.2, 0) is 17.4 Å². The van der Waals surface area contributed by atoms with Gasteiger partial charge in [0.2, 0.25) is 5.91 Å². The predicted octanol–water partition coefficient (Wildman–Crippen LogP) is 5.87. The van der Waals surface area contributed by atoms with Gasteiger partial charge >= 0.3 is 6.18 Å². The average Bonchev–Trinajstić information content (AvgIpc) is 3.12. The molecule has 8 heteroatoms. The second-order valence-electron chi connectivity index (χ2n) is 6.78. The summed E-state index contributed by atoms with van der Waals surface area (Å²) in [6, 6.07) is 14.0. The van der Waals surface area contributed by atoms with E-state index >= 15 is 0 Å². The van der Waals surface area contributed by atoms with Gasteiger partial charge in [-0.15, -0.1) is 11.3 Å². The van der Waals surface area contributed by atoms with Crippen molar-refractivity contribution in [3.05, 3.63) is 76.8 Å². The number of thiazole rings is 1. The summed E-state index contributed by atoms with van der Waals surface area (Å²) in [5.41, 5.74) is 2.15. The number of nitrogens with one attached hydrogen (secondary N) is 1. The number of carbonyl (C=O) groups is 1. The highest BCUT2D eigenvalue weighted by Gasteiger charge is 2.30.